The molecule has 1 heterocycles. The van der Waals surface area contributed by atoms with Crippen LogP contribution in [0.5, 0.6) is 0 Å². The molecule has 1 aliphatic heterocycles. The van der Waals surface area contributed by atoms with Crippen LogP contribution in [-0.2, 0) is 68.7 Å². The summed E-state index contributed by atoms with van der Waals surface area (Å²) >= 11 is 4.23. The van der Waals surface area contributed by atoms with Gasteiger partial charge in [-0.05, 0) is 96.2 Å². The largest absolute Gasteiger partial charge is 0.481 e. The quantitative estimate of drug-likeness (QED) is 0.0125. The Morgan fingerprint density at radius 1 is 0.605 bits per heavy atom. The minimum absolute atomic E-state index is 0.0155. The number of nitrogens with one attached hydrogen (secondary N) is 12. The molecular weight excluding hydrogens is 1150 g/mol. The summed E-state index contributed by atoms with van der Waals surface area (Å²) in [5.41, 5.74) is 22.5. The van der Waals surface area contributed by atoms with E-state index >= 15 is 0 Å². The summed E-state index contributed by atoms with van der Waals surface area (Å²) in [4.78, 5) is 171. The van der Waals surface area contributed by atoms with Crippen molar-refractivity contribution in [3.05, 3.63) is 35.9 Å². The summed E-state index contributed by atoms with van der Waals surface area (Å²) in [6, 6.07) is -3.85. The highest BCUT2D eigenvalue weighted by atomic mass is 32.1. The van der Waals surface area contributed by atoms with Crippen LogP contribution >= 0.6 is 12.6 Å². The number of unbranched alkanes of at least 4 members (excludes halogenated alkanes) is 2. The molecule has 11 amide bonds. The summed E-state index contributed by atoms with van der Waals surface area (Å²) in [5.74, 6) is -13.1. The fourth-order valence-corrected chi connectivity index (χ4v) is 8.89. The Bertz CT molecular complexity index is 2480. The van der Waals surface area contributed by atoms with E-state index in [2.05, 4.69) is 71.1 Å². The lowest BCUT2D eigenvalue weighted by atomic mass is 10.0. The van der Waals surface area contributed by atoms with Crippen molar-refractivity contribution in [1.29, 1.82) is 5.41 Å². The minimum Gasteiger partial charge on any atom is -0.481 e. The maximum Gasteiger partial charge on any atom is 0.326 e. The first-order chi connectivity index (χ1) is 40.9. The van der Waals surface area contributed by atoms with Gasteiger partial charge in [0.15, 0.2) is 5.96 Å². The van der Waals surface area contributed by atoms with E-state index in [0.29, 0.717) is 37.8 Å². The average molecular weight is 1240 g/mol. The molecule has 0 radical (unpaired) electrons. The van der Waals surface area contributed by atoms with Crippen molar-refractivity contribution in [3.63, 3.8) is 0 Å². The monoisotopic (exact) mass is 1240 g/mol. The molecule has 34 heteroatoms. The molecule has 1 aromatic rings. The number of nitrogens with zero attached hydrogens (tertiary/aromatic N) is 1. The van der Waals surface area contributed by atoms with Crippen LogP contribution in [0.4, 0.5) is 0 Å². The molecule has 1 fully saturated rings. The van der Waals surface area contributed by atoms with E-state index in [0.717, 1.165) is 0 Å². The van der Waals surface area contributed by atoms with E-state index in [-0.39, 0.29) is 76.9 Å². The Morgan fingerprint density at radius 3 is 1.66 bits per heavy atom. The Balaban J connectivity index is 2.20. The van der Waals surface area contributed by atoms with E-state index in [1.54, 1.807) is 30.3 Å². The van der Waals surface area contributed by atoms with Crippen LogP contribution < -0.4 is 81.4 Å². The number of benzene rings is 1. The number of carboxylic acids is 2. The molecule has 9 atom stereocenters. The number of aliphatic hydroxyl groups is 1. The van der Waals surface area contributed by atoms with Gasteiger partial charge in [0, 0.05) is 31.7 Å². The third kappa shape index (κ3) is 27.7. The van der Waals surface area contributed by atoms with Crippen molar-refractivity contribution in [2.24, 2.45) is 22.9 Å². The van der Waals surface area contributed by atoms with Crippen LogP contribution in [0.3, 0.4) is 0 Å². The molecule has 1 aromatic carbocycles. The SMILES string of the molecule is C[C@H](NC(=O)CN)C(=O)N1CCC[C@H]1C(=O)NCC(=O)N[C@@H](CCC(=O)O)C(=O)N[C@@H](CCCNC(=N)N)C(=O)NCC(=O)N[C@@H](CO)C(=O)N[C@@H](CCCCN)C(=O)N[C@@H](CS)C(=O)N[C@@H](Cc1ccccc1)C(=O)N[C@@H](CCCCN)C(=O)O. The van der Waals surface area contributed by atoms with Crippen molar-refractivity contribution in [2.45, 2.75) is 145 Å². The molecule has 0 aromatic heterocycles. The predicted octanol–water partition coefficient (Wildman–Crippen LogP) is -7.30. The van der Waals surface area contributed by atoms with E-state index in [1.165, 1.54) is 11.8 Å². The maximum atomic E-state index is 13.9. The smallest absolute Gasteiger partial charge is 0.326 e. The number of rotatable bonds is 41. The maximum absolute atomic E-state index is 13.9. The second kappa shape index (κ2) is 40.2. The van der Waals surface area contributed by atoms with Crippen molar-refractivity contribution < 1.29 is 77.6 Å². The molecule has 0 saturated carbocycles. The van der Waals surface area contributed by atoms with Gasteiger partial charge in [-0.25, -0.2) is 4.79 Å². The first kappa shape index (κ1) is 73.9. The van der Waals surface area contributed by atoms with Gasteiger partial charge in [0.2, 0.25) is 65.0 Å². The Morgan fingerprint density at radius 2 is 1.10 bits per heavy atom. The minimum atomic E-state index is -1.74. The Hall–Kier alpha value is -8.21. The number of aliphatic hydroxyl groups excluding tert-OH is 1. The number of hydrogen-bond acceptors (Lipinski definition) is 19. The highest BCUT2D eigenvalue weighted by Crippen LogP contribution is 2.19. The lowest BCUT2D eigenvalue weighted by molar-refractivity contribution is -0.142. The molecule has 1 aliphatic rings. The zero-order chi connectivity index (χ0) is 64.3. The van der Waals surface area contributed by atoms with E-state index in [1.807, 2.05) is 0 Å². The number of guanidine groups is 1. The fourth-order valence-electron chi connectivity index (χ4n) is 8.64. The lowest BCUT2D eigenvalue weighted by Crippen LogP contribution is -2.60. The van der Waals surface area contributed by atoms with Gasteiger partial charge in [-0.3, -0.25) is 62.9 Å². The number of likely N-dealkylation sites (tertiary alicyclic amines) is 1. The molecule has 23 N–H and O–H groups in total. The van der Waals surface area contributed by atoms with Gasteiger partial charge in [-0.1, -0.05) is 30.3 Å². The van der Waals surface area contributed by atoms with Gasteiger partial charge >= 0.3 is 11.9 Å². The van der Waals surface area contributed by atoms with Crippen molar-refractivity contribution in [1.82, 2.24) is 63.4 Å². The molecular formula is C52H85N17O16S. The summed E-state index contributed by atoms with van der Waals surface area (Å²) in [6.45, 7) is -0.897. The first-order valence-electron chi connectivity index (χ1n) is 28.0. The van der Waals surface area contributed by atoms with Crippen molar-refractivity contribution in [3.8, 4) is 0 Å². The van der Waals surface area contributed by atoms with Crippen LogP contribution in [0.1, 0.15) is 89.5 Å². The van der Waals surface area contributed by atoms with Crippen molar-refractivity contribution >= 4 is 95.5 Å². The molecule has 33 nitrogen and oxygen atoms in total. The van der Waals surface area contributed by atoms with Gasteiger partial charge in [0.05, 0.1) is 26.2 Å². The third-order valence-corrected chi connectivity index (χ3v) is 13.6. The van der Waals surface area contributed by atoms with E-state index in [4.69, 9.17) is 28.3 Å². The fraction of sp³-hybridized carbons (Fsp3) is 0.615. The van der Waals surface area contributed by atoms with Crippen LogP contribution in [0, 0.1) is 5.41 Å². The summed E-state index contributed by atoms with van der Waals surface area (Å²) in [5, 5.41) is 63.5. The summed E-state index contributed by atoms with van der Waals surface area (Å²) < 4.78 is 0. The van der Waals surface area contributed by atoms with Gasteiger partial charge < -0.3 is 102 Å². The molecule has 0 bridgehead atoms. The number of amides is 11. The number of hydrogen-bond donors (Lipinski definition) is 20. The van der Waals surface area contributed by atoms with Crippen LogP contribution in [0.2, 0.25) is 0 Å². The number of aliphatic carboxylic acids is 2. The number of carboxylic acid groups (broad SMARTS) is 2. The zero-order valence-electron chi connectivity index (χ0n) is 48.0. The van der Waals surface area contributed by atoms with Crippen molar-refractivity contribution in [2.75, 3.05) is 58.2 Å². The van der Waals surface area contributed by atoms with Crippen LogP contribution in [-0.4, -0.2) is 216 Å². The predicted molar refractivity (Wildman–Crippen MR) is 311 cm³/mol. The molecule has 0 unspecified atom stereocenters. The van der Waals surface area contributed by atoms with E-state index < -0.39 is 170 Å². The normalized spacial score (nSPS) is 15.4. The molecule has 0 spiro atoms. The molecule has 0 aliphatic carbocycles. The molecule has 2 rings (SSSR count). The molecule has 1 saturated heterocycles. The summed E-state index contributed by atoms with van der Waals surface area (Å²) in [7, 11) is 0. The van der Waals surface area contributed by atoms with Gasteiger partial charge in [0.1, 0.15) is 54.4 Å². The van der Waals surface area contributed by atoms with Gasteiger partial charge in [0.25, 0.3) is 0 Å². The second-order valence-corrected chi connectivity index (χ2v) is 20.4. The zero-order valence-corrected chi connectivity index (χ0v) is 48.9. The van der Waals surface area contributed by atoms with Gasteiger partial charge in [-0.2, -0.15) is 12.6 Å². The number of thiol groups is 1. The second-order valence-electron chi connectivity index (χ2n) is 20.0. The summed E-state index contributed by atoms with van der Waals surface area (Å²) in [6.07, 6.45) is 0.844. The average Bonchev–Trinajstić information content (AvgIpc) is 3.25. The number of carbonyl (C=O) groups excluding carboxylic acids is 11. The first-order valence-corrected chi connectivity index (χ1v) is 28.7. The van der Waals surface area contributed by atoms with Crippen LogP contribution in [0.15, 0.2) is 30.3 Å². The molecule has 86 heavy (non-hydrogen) atoms. The Kier molecular flexibility index (Phi) is 34.5. The topological polar surface area (TPSA) is 546 Å². The highest BCUT2D eigenvalue weighted by Gasteiger charge is 2.37. The third-order valence-electron chi connectivity index (χ3n) is 13.2. The van der Waals surface area contributed by atoms with Crippen LogP contribution in [0.25, 0.3) is 0 Å². The lowest BCUT2D eigenvalue weighted by Gasteiger charge is -2.27. The number of carbonyl (C=O) groups is 13. The Labute approximate surface area is 502 Å². The molecule has 480 valence electrons. The van der Waals surface area contributed by atoms with Gasteiger partial charge in [-0.15, -0.1) is 0 Å². The number of nitrogens with two attached hydrogens (primary N) is 4. The standard InChI is InChI=1S/C52H85N17O16S/c1-29(61-39(71)24-55)50(83)69-22-10-16-38(69)49(82)60-26-40(72)62-33(17-18-42(74)75)45(78)64-31(15-9-21-58-52(56)57)43(76)59-25-41(73)63-36(27-70)47(80)65-32(13-5-7-19-53)44(77)68-37(28-86)48(81)67-35(23-30-11-3-2-4-12-30)46(79)66-34(51(84)85)14-6-8-20-54/h2-4,11-12,29,31-38,70,86H,5-10,13-28,53-55H2,1H3,(H,59,76)(H,60,82)(H,61,71)(H,62,72)(H,63,73)(H,64,78)(H,65,80)(H,66,79)(H,67,81)(H,68,77)(H,74,75)(H,84,85)(H4,56,57,58)/t29-,31-,32-,33-,34-,35-,36-,37-,38-/m0/s1. The highest BCUT2D eigenvalue weighted by molar-refractivity contribution is 7.80. The van der Waals surface area contributed by atoms with E-state index in [9.17, 15) is 77.6 Å².